The Balaban J connectivity index is 2.52. The van der Waals surface area contributed by atoms with Crippen molar-refractivity contribution in [3.63, 3.8) is 0 Å². The van der Waals surface area contributed by atoms with Crippen LogP contribution < -0.4 is 10.1 Å². The molecule has 0 saturated carbocycles. The van der Waals surface area contributed by atoms with Crippen LogP contribution in [0.5, 0.6) is 5.75 Å². The molecule has 0 fully saturated rings. The fourth-order valence-corrected chi connectivity index (χ4v) is 1.93. The van der Waals surface area contributed by atoms with Gasteiger partial charge in [0.2, 0.25) is 0 Å². The summed E-state index contributed by atoms with van der Waals surface area (Å²) in [4.78, 5) is 11.9. The molecule has 0 unspecified atom stereocenters. The van der Waals surface area contributed by atoms with Crippen LogP contribution in [0.1, 0.15) is 29.6 Å². The van der Waals surface area contributed by atoms with E-state index in [0.717, 1.165) is 23.7 Å². The van der Waals surface area contributed by atoms with Gasteiger partial charge < -0.3 is 15.2 Å². The van der Waals surface area contributed by atoms with E-state index in [2.05, 4.69) is 21.2 Å². The zero-order valence-electron chi connectivity index (χ0n) is 10.4. The summed E-state index contributed by atoms with van der Waals surface area (Å²) in [6.07, 6.45) is 2.55. The van der Waals surface area contributed by atoms with Gasteiger partial charge in [-0.05, 0) is 37.5 Å². The van der Waals surface area contributed by atoms with Crippen LogP contribution in [0.4, 0.5) is 0 Å². The van der Waals surface area contributed by atoms with Gasteiger partial charge in [0.05, 0.1) is 12.7 Å². The molecule has 1 rings (SSSR count). The summed E-state index contributed by atoms with van der Waals surface area (Å²) in [5, 5.41) is 11.5. The van der Waals surface area contributed by atoms with Crippen molar-refractivity contribution in [2.45, 2.75) is 19.3 Å². The second-order valence-corrected chi connectivity index (χ2v) is 4.80. The summed E-state index contributed by atoms with van der Waals surface area (Å²) in [6, 6.07) is 5.32. The third-order valence-electron chi connectivity index (χ3n) is 2.53. The minimum atomic E-state index is -0.142. The second-order valence-electron chi connectivity index (χ2n) is 3.88. The average Bonchev–Trinajstić information content (AvgIpc) is 2.38. The molecule has 0 radical (unpaired) electrons. The van der Waals surface area contributed by atoms with Gasteiger partial charge >= 0.3 is 0 Å². The quantitative estimate of drug-likeness (QED) is 0.759. The van der Waals surface area contributed by atoms with Crippen molar-refractivity contribution < 1.29 is 14.6 Å². The zero-order chi connectivity index (χ0) is 13.4. The third-order valence-corrected chi connectivity index (χ3v) is 3.02. The van der Waals surface area contributed by atoms with E-state index < -0.39 is 0 Å². The Morgan fingerprint density at radius 1 is 1.39 bits per heavy atom. The lowest BCUT2D eigenvalue weighted by Crippen LogP contribution is -2.25. The number of ether oxygens (including phenoxy) is 1. The van der Waals surface area contributed by atoms with Crippen molar-refractivity contribution in [3.8, 4) is 5.75 Å². The van der Waals surface area contributed by atoms with Crippen LogP contribution in [0, 0.1) is 0 Å². The number of hydrogen-bond acceptors (Lipinski definition) is 3. The van der Waals surface area contributed by atoms with Crippen LogP contribution in [0.2, 0.25) is 0 Å². The van der Waals surface area contributed by atoms with Gasteiger partial charge in [-0.1, -0.05) is 15.9 Å². The number of carbonyl (C=O) groups excluding carboxylic acids is 1. The fraction of sp³-hybridized carbons (Fsp3) is 0.462. The van der Waals surface area contributed by atoms with Crippen molar-refractivity contribution >= 4 is 21.8 Å². The first-order valence-corrected chi connectivity index (χ1v) is 6.71. The molecule has 0 saturated heterocycles. The van der Waals surface area contributed by atoms with E-state index in [-0.39, 0.29) is 12.5 Å². The first kappa shape index (κ1) is 15.0. The van der Waals surface area contributed by atoms with Crippen LogP contribution in [0.15, 0.2) is 22.7 Å². The first-order chi connectivity index (χ1) is 8.69. The molecular formula is C13H18BrNO3. The molecule has 18 heavy (non-hydrogen) atoms. The van der Waals surface area contributed by atoms with E-state index in [9.17, 15) is 4.79 Å². The molecule has 100 valence electrons. The summed E-state index contributed by atoms with van der Waals surface area (Å²) >= 11 is 3.33. The van der Waals surface area contributed by atoms with Crippen molar-refractivity contribution in [3.05, 3.63) is 28.2 Å². The summed E-state index contributed by atoms with van der Waals surface area (Å²) in [6.45, 7) is 0.807. The monoisotopic (exact) mass is 315 g/mol. The van der Waals surface area contributed by atoms with Crippen LogP contribution >= 0.6 is 15.9 Å². The maximum absolute atomic E-state index is 11.9. The van der Waals surface area contributed by atoms with Crippen molar-refractivity contribution in [1.29, 1.82) is 0 Å². The Labute approximate surface area is 115 Å². The highest BCUT2D eigenvalue weighted by molar-refractivity contribution is 9.10. The SMILES string of the molecule is COc1ccc(Br)cc1C(=O)NCCCCCO. The van der Waals surface area contributed by atoms with Gasteiger partial charge in [-0.3, -0.25) is 4.79 Å². The predicted molar refractivity (Wildman–Crippen MR) is 74.0 cm³/mol. The second kappa shape index (κ2) is 8.11. The number of aliphatic hydroxyl groups is 1. The van der Waals surface area contributed by atoms with Gasteiger partial charge in [-0.15, -0.1) is 0 Å². The Morgan fingerprint density at radius 2 is 2.17 bits per heavy atom. The van der Waals surface area contributed by atoms with Crippen LogP contribution in [0.25, 0.3) is 0 Å². The number of amides is 1. The van der Waals surface area contributed by atoms with Crippen molar-refractivity contribution in [2.24, 2.45) is 0 Å². The first-order valence-electron chi connectivity index (χ1n) is 5.91. The number of rotatable bonds is 7. The molecule has 1 aromatic rings. The van der Waals surface area contributed by atoms with Crippen molar-refractivity contribution in [1.82, 2.24) is 5.32 Å². The molecule has 4 nitrogen and oxygen atoms in total. The number of benzene rings is 1. The topological polar surface area (TPSA) is 58.6 Å². The highest BCUT2D eigenvalue weighted by Gasteiger charge is 2.11. The number of unbranched alkanes of at least 4 members (excludes halogenated alkanes) is 2. The molecule has 1 aromatic carbocycles. The molecule has 0 aliphatic carbocycles. The zero-order valence-corrected chi connectivity index (χ0v) is 12.0. The lowest BCUT2D eigenvalue weighted by Gasteiger charge is -2.09. The Hall–Kier alpha value is -1.07. The van der Waals surface area contributed by atoms with Crippen LogP contribution in [-0.2, 0) is 0 Å². The number of halogens is 1. The fourth-order valence-electron chi connectivity index (χ4n) is 1.57. The molecule has 1 amide bonds. The van der Waals surface area contributed by atoms with Gasteiger partial charge in [-0.25, -0.2) is 0 Å². The van der Waals surface area contributed by atoms with E-state index in [1.165, 1.54) is 0 Å². The van der Waals surface area contributed by atoms with E-state index in [1.807, 2.05) is 6.07 Å². The van der Waals surface area contributed by atoms with Crippen LogP contribution in [0.3, 0.4) is 0 Å². The lowest BCUT2D eigenvalue weighted by atomic mass is 10.2. The smallest absolute Gasteiger partial charge is 0.255 e. The van der Waals surface area contributed by atoms with E-state index in [4.69, 9.17) is 9.84 Å². The Kier molecular flexibility index (Phi) is 6.75. The van der Waals surface area contributed by atoms with Crippen LogP contribution in [-0.4, -0.2) is 31.3 Å². The standard InChI is InChI=1S/C13H18BrNO3/c1-18-12-6-5-10(14)9-11(12)13(17)15-7-3-2-4-8-16/h5-6,9,16H,2-4,7-8H2,1H3,(H,15,17). The molecular weight excluding hydrogens is 298 g/mol. The number of methoxy groups -OCH3 is 1. The van der Waals surface area contributed by atoms with E-state index in [0.29, 0.717) is 17.9 Å². The molecule has 0 bridgehead atoms. The molecule has 0 aliphatic rings. The number of nitrogens with one attached hydrogen (secondary N) is 1. The van der Waals surface area contributed by atoms with Gasteiger partial charge in [0.25, 0.3) is 5.91 Å². The minimum Gasteiger partial charge on any atom is -0.496 e. The summed E-state index contributed by atoms with van der Waals surface area (Å²) in [5.41, 5.74) is 0.522. The van der Waals surface area contributed by atoms with E-state index >= 15 is 0 Å². The summed E-state index contributed by atoms with van der Waals surface area (Å²) in [7, 11) is 1.54. The number of aliphatic hydroxyl groups excluding tert-OH is 1. The van der Waals surface area contributed by atoms with Gasteiger partial charge in [0, 0.05) is 17.6 Å². The summed E-state index contributed by atoms with van der Waals surface area (Å²) < 4.78 is 5.99. The average molecular weight is 316 g/mol. The summed E-state index contributed by atoms with van der Waals surface area (Å²) in [5.74, 6) is 0.420. The van der Waals surface area contributed by atoms with Gasteiger partial charge in [0.1, 0.15) is 5.75 Å². The number of carbonyl (C=O) groups is 1. The largest absolute Gasteiger partial charge is 0.496 e. The van der Waals surface area contributed by atoms with Gasteiger partial charge in [0.15, 0.2) is 0 Å². The molecule has 0 aromatic heterocycles. The highest BCUT2D eigenvalue weighted by atomic mass is 79.9. The maximum Gasteiger partial charge on any atom is 0.255 e. The Bertz CT molecular complexity index is 396. The van der Waals surface area contributed by atoms with Crippen molar-refractivity contribution in [2.75, 3.05) is 20.3 Å². The highest BCUT2D eigenvalue weighted by Crippen LogP contribution is 2.22. The molecule has 2 N–H and O–H groups in total. The Morgan fingerprint density at radius 3 is 2.83 bits per heavy atom. The lowest BCUT2D eigenvalue weighted by molar-refractivity contribution is 0.0949. The molecule has 0 aliphatic heterocycles. The minimum absolute atomic E-state index is 0.142. The molecule has 5 heteroatoms. The molecule has 0 spiro atoms. The molecule has 0 atom stereocenters. The third kappa shape index (κ3) is 4.66. The van der Waals surface area contributed by atoms with E-state index in [1.54, 1.807) is 19.2 Å². The predicted octanol–water partition coefficient (Wildman–Crippen LogP) is 2.35. The maximum atomic E-state index is 11.9. The van der Waals surface area contributed by atoms with Gasteiger partial charge in [-0.2, -0.15) is 0 Å². The normalized spacial score (nSPS) is 10.2. The molecule has 0 heterocycles. The number of hydrogen-bond donors (Lipinski definition) is 2.